The van der Waals surface area contributed by atoms with E-state index in [0.29, 0.717) is 5.56 Å². The summed E-state index contributed by atoms with van der Waals surface area (Å²) in [6.45, 7) is 4.83. The molecule has 0 aliphatic carbocycles. The molecule has 2 aliphatic heterocycles. The Kier molecular flexibility index (Phi) is 3.66. The second-order valence-corrected chi connectivity index (χ2v) is 6.26. The summed E-state index contributed by atoms with van der Waals surface area (Å²) >= 11 is 0. The van der Waals surface area contributed by atoms with E-state index in [1.54, 1.807) is 31.5 Å². The highest BCUT2D eigenvalue weighted by molar-refractivity contribution is 5.94. The van der Waals surface area contributed by atoms with Gasteiger partial charge in [0.25, 0.3) is 5.91 Å². The first kappa shape index (κ1) is 14.0. The number of pyridine rings is 1. The molecule has 5 nitrogen and oxygen atoms in total. The summed E-state index contributed by atoms with van der Waals surface area (Å²) in [7, 11) is 0. The number of nitrogens with zero attached hydrogens (tertiary/aromatic N) is 3. The van der Waals surface area contributed by atoms with Crippen molar-refractivity contribution in [3.63, 3.8) is 0 Å². The highest BCUT2D eigenvalue weighted by Crippen LogP contribution is 2.39. The van der Waals surface area contributed by atoms with Crippen LogP contribution in [-0.2, 0) is 4.79 Å². The molecule has 2 saturated heterocycles. The van der Waals surface area contributed by atoms with Crippen molar-refractivity contribution in [3.8, 4) is 0 Å². The highest BCUT2D eigenvalue weighted by Gasteiger charge is 2.43. The van der Waals surface area contributed by atoms with Gasteiger partial charge in [-0.05, 0) is 31.4 Å². The Morgan fingerprint density at radius 2 is 1.81 bits per heavy atom. The average Bonchev–Trinajstić information content (AvgIpc) is 2.91. The summed E-state index contributed by atoms with van der Waals surface area (Å²) in [5, 5.41) is 0. The molecule has 0 radical (unpaired) electrons. The van der Waals surface area contributed by atoms with Crippen molar-refractivity contribution in [3.05, 3.63) is 30.1 Å². The van der Waals surface area contributed by atoms with Crippen molar-refractivity contribution in [1.29, 1.82) is 0 Å². The van der Waals surface area contributed by atoms with Crippen LogP contribution < -0.4 is 0 Å². The number of aromatic nitrogens is 1. The first-order valence-electron chi connectivity index (χ1n) is 7.55. The van der Waals surface area contributed by atoms with E-state index in [1.165, 1.54) is 0 Å². The second-order valence-electron chi connectivity index (χ2n) is 6.26. The van der Waals surface area contributed by atoms with Crippen LogP contribution in [0.4, 0.5) is 0 Å². The lowest BCUT2D eigenvalue weighted by Crippen LogP contribution is -2.47. The highest BCUT2D eigenvalue weighted by atomic mass is 16.2. The Morgan fingerprint density at radius 3 is 2.52 bits per heavy atom. The number of likely N-dealkylation sites (tertiary alicyclic amines) is 2. The van der Waals surface area contributed by atoms with E-state index < -0.39 is 0 Å². The molecule has 3 heterocycles. The van der Waals surface area contributed by atoms with E-state index >= 15 is 0 Å². The van der Waals surface area contributed by atoms with Gasteiger partial charge in [0.1, 0.15) is 0 Å². The van der Waals surface area contributed by atoms with Crippen LogP contribution in [0, 0.1) is 5.41 Å². The van der Waals surface area contributed by atoms with Gasteiger partial charge in [-0.15, -0.1) is 0 Å². The number of amides is 2. The summed E-state index contributed by atoms with van der Waals surface area (Å²) in [5.74, 6) is 0.224. The number of hydrogen-bond acceptors (Lipinski definition) is 3. The predicted molar refractivity (Wildman–Crippen MR) is 78.7 cm³/mol. The van der Waals surface area contributed by atoms with Crippen LogP contribution in [0.2, 0.25) is 0 Å². The predicted octanol–water partition coefficient (Wildman–Crippen LogP) is 1.56. The summed E-state index contributed by atoms with van der Waals surface area (Å²) in [6, 6.07) is 3.52. The molecule has 21 heavy (non-hydrogen) atoms. The van der Waals surface area contributed by atoms with E-state index in [1.807, 2.05) is 9.80 Å². The molecule has 1 aromatic rings. The van der Waals surface area contributed by atoms with Crippen LogP contribution in [0.25, 0.3) is 0 Å². The fraction of sp³-hybridized carbons (Fsp3) is 0.562. The van der Waals surface area contributed by atoms with Crippen LogP contribution in [0.5, 0.6) is 0 Å². The van der Waals surface area contributed by atoms with Gasteiger partial charge in [0.15, 0.2) is 0 Å². The van der Waals surface area contributed by atoms with Crippen molar-refractivity contribution in [2.24, 2.45) is 5.41 Å². The summed E-state index contributed by atoms with van der Waals surface area (Å²) in [5.41, 5.74) is 0.799. The van der Waals surface area contributed by atoms with E-state index in [4.69, 9.17) is 0 Å². The fourth-order valence-electron chi connectivity index (χ4n) is 3.60. The van der Waals surface area contributed by atoms with Gasteiger partial charge < -0.3 is 9.80 Å². The number of piperidine rings is 1. The molecule has 0 N–H and O–H groups in total. The van der Waals surface area contributed by atoms with Gasteiger partial charge >= 0.3 is 0 Å². The van der Waals surface area contributed by atoms with Gasteiger partial charge in [0, 0.05) is 56.5 Å². The average molecular weight is 287 g/mol. The molecular weight excluding hydrogens is 266 g/mol. The molecule has 2 fully saturated rings. The molecular formula is C16H21N3O2. The summed E-state index contributed by atoms with van der Waals surface area (Å²) in [4.78, 5) is 31.9. The Hall–Kier alpha value is -1.91. The zero-order chi connectivity index (χ0) is 14.9. The molecule has 0 unspecified atom stereocenters. The van der Waals surface area contributed by atoms with E-state index in [2.05, 4.69) is 4.98 Å². The second kappa shape index (κ2) is 5.47. The third kappa shape index (κ3) is 2.77. The third-order valence-corrected chi connectivity index (χ3v) is 4.76. The van der Waals surface area contributed by atoms with Crippen molar-refractivity contribution < 1.29 is 9.59 Å². The fourth-order valence-corrected chi connectivity index (χ4v) is 3.60. The topological polar surface area (TPSA) is 53.5 Å². The van der Waals surface area contributed by atoms with E-state index in [9.17, 15) is 9.59 Å². The Labute approximate surface area is 124 Å². The lowest BCUT2D eigenvalue weighted by atomic mass is 9.79. The zero-order valence-corrected chi connectivity index (χ0v) is 12.4. The lowest BCUT2D eigenvalue weighted by Gasteiger charge is -2.40. The first-order chi connectivity index (χ1) is 10.1. The van der Waals surface area contributed by atoms with Crippen molar-refractivity contribution in [2.45, 2.75) is 26.2 Å². The number of rotatable bonds is 1. The SMILES string of the molecule is CC(=O)N1CCC[C@@]2(CCN(C(=O)c3ccncc3)C2)C1. The quantitative estimate of drug-likeness (QED) is 0.787. The molecule has 2 aliphatic rings. The third-order valence-electron chi connectivity index (χ3n) is 4.76. The molecule has 1 atom stereocenters. The van der Waals surface area contributed by atoms with Crippen LogP contribution in [0.1, 0.15) is 36.5 Å². The largest absolute Gasteiger partial charge is 0.342 e. The van der Waals surface area contributed by atoms with Gasteiger partial charge in [-0.25, -0.2) is 0 Å². The normalized spacial score (nSPS) is 25.4. The van der Waals surface area contributed by atoms with Crippen LogP contribution in [-0.4, -0.2) is 52.8 Å². The molecule has 0 aromatic carbocycles. The zero-order valence-electron chi connectivity index (χ0n) is 12.4. The molecule has 1 aromatic heterocycles. The molecule has 0 bridgehead atoms. The lowest BCUT2D eigenvalue weighted by molar-refractivity contribution is -0.132. The number of carbonyl (C=O) groups is 2. The minimum atomic E-state index is 0.0780. The van der Waals surface area contributed by atoms with Crippen LogP contribution in [0.3, 0.4) is 0 Å². The number of carbonyl (C=O) groups excluding carboxylic acids is 2. The smallest absolute Gasteiger partial charge is 0.253 e. The molecule has 0 saturated carbocycles. The maximum absolute atomic E-state index is 12.5. The Balaban J connectivity index is 1.70. The van der Waals surface area contributed by atoms with Crippen LogP contribution in [0.15, 0.2) is 24.5 Å². The van der Waals surface area contributed by atoms with Gasteiger partial charge in [-0.1, -0.05) is 0 Å². The van der Waals surface area contributed by atoms with Crippen molar-refractivity contribution >= 4 is 11.8 Å². The van der Waals surface area contributed by atoms with Crippen molar-refractivity contribution in [2.75, 3.05) is 26.2 Å². The summed E-state index contributed by atoms with van der Waals surface area (Å²) < 4.78 is 0. The van der Waals surface area contributed by atoms with E-state index in [-0.39, 0.29) is 17.2 Å². The van der Waals surface area contributed by atoms with E-state index in [0.717, 1.165) is 45.4 Å². The van der Waals surface area contributed by atoms with Gasteiger partial charge in [-0.3, -0.25) is 14.6 Å². The monoisotopic (exact) mass is 287 g/mol. The molecule has 3 rings (SSSR count). The standard InChI is InChI=1S/C16H21N3O2/c1-13(20)18-9-2-5-16(11-18)6-10-19(12-16)15(21)14-3-7-17-8-4-14/h3-4,7-8H,2,5-6,9-12H2,1H3/t16-/m1/s1. The Bertz CT molecular complexity index is 546. The van der Waals surface area contributed by atoms with Gasteiger partial charge in [0.05, 0.1) is 0 Å². The minimum absolute atomic E-state index is 0.0780. The minimum Gasteiger partial charge on any atom is -0.342 e. The van der Waals surface area contributed by atoms with Gasteiger partial charge in [0.2, 0.25) is 5.91 Å². The van der Waals surface area contributed by atoms with Crippen molar-refractivity contribution in [1.82, 2.24) is 14.8 Å². The Morgan fingerprint density at radius 1 is 1.10 bits per heavy atom. The molecule has 2 amide bonds. The molecule has 1 spiro atoms. The maximum atomic E-state index is 12.5. The molecule has 112 valence electrons. The number of hydrogen-bond donors (Lipinski definition) is 0. The van der Waals surface area contributed by atoms with Gasteiger partial charge in [-0.2, -0.15) is 0 Å². The molecule has 5 heteroatoms. The first-order valence-corrected chi connectivity index (χ1v) is 7.55. The van der Waals surface area contributed by atoms with Crippen LogP contribution >= 0.6 is 0 Å². The maximum Gasteiger partial charge on any atom is 0.253 e. The summed E-state index contributed by atoms with van der Waals surface area (Å²) in [6.07, 6.45) is 6.44.